The Morgan fingerprint density at radius 2 is 1.75 bits per heavy atom. The van der Waals surface area contributed by atoms with E-state index in [2.05, 4.69) is 15.4 Å². The lowest BCUT2D eigenvalue weighted by atomic mass is 10.2. The molecule has 0 aliphatic heterocycles. The first kappa shape index (κ1) is 18.0. The van der Waals surface area contributed by atoms with Crippen LogP contribution >= 0.6 is 22.6 Å². The van der Waals surface area contributed by atoms with Crippen molar-refractivity contribution in [1.29, 1.82) is 0 Å². The van der Waals surface area contributed by atoms with Gasteiger partial charge in [0.1, 0.15) is 5.75 Å². The fourth-order valence-corrected chi connectivity index (χ4v) is 2.38. The van der Waals surface area contributed by atoms with E-state index in [4.69, 9.17) is 0 Å². The van der Waals surface area contributed by atoms with Gasteiger partial charge in [-0.15, -0.1) is 13.2 Å². The number of anilines is 1. The molecular formula is C15H10F3IN2O3. The van der Waals surface area contributed by atoms with Crippen molar-refractivity contribution in [2.75, 3.05) is 5.32 Å². The maximum absolute atomic E-state index is 12.2. The van der Waals surface area contributed by atoms with Crippen molar-refractivity contribution in [2.45, 2.75) is 6.36 Å². The first-order chi connectivity index (χ1) is 11.2. The highest BCUT2D eigenvalue weighted by molar-refractivity contribution is 14.1. The monoisotopic (exact) mass is 450 g/mol. The third-order valence-corrected chi connectivity index (χ3v) is 3.61. The Morgan fingerprint density at radius 1 is 1.04 bits per heavy atom. The zero-order valence-corrected chi connectivity index (χ0v) is 14.0. The van der Waals surface area contributed by atoms with E-state index in [0.717, 1.165) is 12.1 Å². The average molecular weight is 450 g/mol. The van der Waals surface area contributed by atoms with Gasteiger partial charge >= 0.3 is 12.4 Å². The van der Waals surface area contributed by atoms with Crippen molar-refractivity contribution < 1.29 is 27.5 Å². The molecule has 2 aromatic rings. The van der Waals surface area contributed by atoms with Gasteiger partial charge in [-0.05, 0) is 46.9 Å². The Labute approximate surface area is 148 Å². The normalized spacial score (nSPS) is 10.8. The van der Waals surface area contributed by atoms with Crippen LogP contribution in [0.3, 0.4) is 0 Å². The Hall–Kier alpha value is -2.30. The number of hydrogen-bond donors (Lipinski definition) is 2. The number of imide groups is 1. The molecular weight excluding hydrogens is 440 g/mol. The van der Waals surface area contributed by atoms with Gasteiger partial charge in [0.15, 0.2) is 0 Å². The molecule has 0 fully saturated rings. The molecule has 0 bridgehead atoms. The van der Waals surface area contributed by atoms with E-state index in [-0.39, 0.29) is 5.69 Å². The smallest absolute Gasteiger partial charge is 0.406 e. The Morgan fingerprint density at radius 3 is 2.42 bits per heavy atom. The van der Waals surface area contributed by atoms with Crippen LogP contribution in [0.5, 0.6) is 5.75 Å². The lowest BCUT2D eigenvalue weighted by Gasteiger charge is -2.11. The molecule has 0 aliphatic rings. The molecule has 0 saturated heterocycles. The van der Waals surface area contributed by atoms with Crippen molar-refractivity contribution in [3.63, 3.8) is 0 Å². The van der Waals surface area contributed by atoms with E-state index in [0.29, 0.717) is 9.13 Å². The van der Waals surface area contributed by atoms with Crippen molar-refractivity contribution in [2.24, 2.45) is 0 Å². The van der Waals surface area contributed by atoms with Gasteiger partial charge in [-0.1, -0.05) is 18.2 Å². The summed E-state index contributed by atoms with van der Waals surface area (Å²) in [5.74, 6) is -1.11. The highest BCUT2D eigenvalue weighted by Gasteiger charge is 2.31. The predicted octanol–water partition coefficient (Wildman–Crippen LogP) is 4.15. The average Bonchev–Trinajstić information content (AvgIpc) is 2.45. The molecule has 2 N–H and O–H groups in total. The van der Waals surface area contributed by atoms with Crippen LogP contribution in [0.25, 0.3) is 0 Å². The fraction of sp³-hybridized carbons (Fsp3) is 0.0667. The molecule has 3 amide bonds. The maximum atomic E-state index is 12.2. The van der Waals surface area contributed by atoms with Crippen molar-refractivity contribution >= 4 is 40.2 Å². The van der Waals surface area contributed by atoms with Crippen LogP contribution in [-0.4, -0.2) is 18.3 Å². The Balaban J connectivity index is 2.01. The lowest BCUT2D eigenvalue weighted by molar-refractivity contribution is -0.274. The van der Waals surface area contributed by atoms with Crippen LogP contribution in [0.2, 0.25) is 0 Å². The second-order valence-electron chi connectivity index (χ2n) is 4.46. The lowest BCUT2D eigenvalue weighted by Crippen LogP contribution is -2.34. The van der Waals surface area contributed by atoms with E-state index in [1.54, 1.807) is 24.3 Å². The number of rotatable bonds is 3. The van der Waals surface area contributed by atoms with Crippen molar-refractivity contribution in [1.82, 2.24) is 5.32 Å². The Kier molecular flexibility index (Phi) is 5.65. The van der Waals surface area contributed by atoms with Gasteiger partial charge in [-0.25, -0.2) is 4.79 Å². The molecule has 0 unspecified atom stereocenters. The van der Waals surface area contributed by atoms with Crippen LogP contribution in [0.15, 0.2) is 48.5 Å². The summed E-state index contributed by atoms with van der Waals surface area (Å²) in [5.41, 5.74) is 0.354. The molecule has 0 atom stereocenters. The van der Waals surface area contributed by atoms with Crippen LogP contribution in [0.4, 0.5) is 23.7 Å². The van der Waals surface area contributed by atoms with Crippen molar-refractivity contribution in [3.05, 3.63) is 57.7 Å². The quantitative estimate of drug-likeness (QED) is 0.691. The van der Waals surface area contributed by atoms with Crippen LogP contribution < -0.4 is 15.4 Å². The number of halogens is 4. The molecule has 5 nitrogen and oxygen atoms in total. The fourth-order valence-electron chi connectivity index (χ4n) is 1.75. The summed E-state index contributed by atoms with van der Waals surface area (Å²) in [6.45, 7) is 0. The van der Waals surface area contributed by atoms with Crippen molar-refractivity contribution in [3.8, 4) is 5.75 Å². The molecule has 0 radical (unpaired) electrons. The molecule has 126 valence electrons. The molecule has 24 heavy (non-hydrogen) atoms. The first-order valence-corrected chi connectivity index (χ1v) is 7.55. The minimum Gasteiger partial charge on any atom is -0.406 e. The molecule has 0 saturated carbocycles. The standard InChI is InChI=1S/C15H10F3IN2O3/c16-15(17,18)24-10-5-3-4-9(8-10)20-14(23)21-13(22)11-6-1-2-7-12(11)19/h1-8H,(H2,20,21,22,23). The van der Waals surface area contributed by atoms with Gasteiger partial charge in [0.2, 0.25) is 0 Å². The molecule has 0 aromatic heterocycles. The highest BCUT2D eigenvalue weighted by atomic mass is 127. The second kappa shape index (κ2) is 7.51. The zero-order valence-electron chi connectivity index (χ0n) is 11.9. The number of urea groups is 1. The number of alkyl halides is 3. The number of carbonyl (C=O) groups excluding carboxylic acids is 2. The minimum atomic E-state index is -4.83. The summed E-state index contributed by atoms with van der Waals surface area (Å²) in [6, 6.07) is 10.5. The van der Waals surface area contributed by atoms with Gasteiger partial charge in [0.05, 0.1) is 5.56 Å². The number of benzene rings is 2. The third-order valence-electron chi connectivity index (χ3n) is 2.67. The van der Waals surface area contributed by atoms with Gasteiger partial charge in [-0.2, -0.15) is 0 Å². The number of ether oxygens (including phenoxy) is 1. The second-order valence-corrected chi connectivity index (χ2v) is 5.63. The Bertz CT molecular complexity index is 766. The summed E-state index contributed by atoms with van der Waals surface area (Å²) in [7, 11) is 0. The summed E-state index contributed by atoms with van der Waals surface area (Å²) < 4.78 is 40.9. The van der Waals surface area contributed by atoms with Crippen LogP contribution in [-0.2, 0) is 0 Å². The highest BCUT2D eigenvalue weighted by Crippen LogP contribution is 2.25. The molecule has 2 rings (SSSR count). The molecule has 0 aliphatic carbocycles. The molecule has 9 heteroatoms. The third kappa shape index (κ3) is 5.41. The predicted molar refractivity (Wildman–Crippen MR) is 88.8 cm³/mol. The first-order valence-electron chi connectivity index (χ1n) is 6.47. The van der Waals surface area contributed by atoms with Gasteiger partial charge in [0, 0.05) is 15.3 Å². The molecule has 0 spiro atoms. The van der Waals surface area contributed by atoms with Gasteiger partial charge in [0.25, 0.3) is 5.91 Å². The molecule has 0 heterocycles. The topological polar surface area (TPSA) is 67.4 Å². The van der Waals surface area contributed by atoms with Crippen LogP contribution in [0.1, 0.15) is 10.4 Å². The summed E-state index contributed by atoms with van der Waals surface area (Å²) >= 11 is 1.95. The maximum Gasteiger partial charge on any atom is 0.573 e. The largest absolute Gasteiger partial charge is 0.573 e. The van der Waals surface area contributed by atoms with E-state index < -0.39 is 24.1 Å². The van der Waals surface area contributed by atoms with E-state index in [1.807, 2.05) is 22.6 Å². The van der Waals surface area contributed by atoms with E-state index in [9.17, 15) is 22.8 Å². The number of nitrogens with one attached hydrogen (secondary N) is 2. The minimum absolute atomic E-state index is 0.0461. The van der Waals surface area contributed by atoms with Gasteiger partial charge in [-0.3, -0.25) is 10.1 Å². The molecule has 2 aromatic carbocycles. The summed E-state index contributed by atoms with van der Waals surface area (Å²) in [6.07, 6.45) is -4.83. The van der Waals surface area contributed by atoms with E-state index in [1.165, 1.54) is 12.1 Å². The number of amides is 3. The SMILES string of the molecule is O=C(NC(=O)c1ccccc1I)Nc1cccc(OC(F)(F)F)c1. The summed E-state index contributed by atoms with van der Waals surface area (Å²) in [5, 5.41) is 4.36. The summed E-state index contributed by atoms with van der Waals surface area (Å²) in [4.78, 5) is 23.8. The zero-order chi connectivity index (χ0) is 17.7. The number of hydrogen-bond acceptors (Lipinski definition) is 3. The van der Waals surface area contributed by atoms with Crippen LogP contribution in [0, 0.1) is 3.57 Å². The van der Waals surface area contributed by atoms with E-state index >= 15 is 0 Å². The van der Waals surface area contributed by atoms with Gasteiger partial charge < -0.3 is 10.1 Å². The number of carbonyl (C=O) groups is 2.